The lowest BCUT2D eigenvalue weighted by molar-refractivity contribution is -0.118. The van der Waals surface area contributed by atoms with Crippen LogP contribution in [0.5, 0.6) is 0 Å². The maximum Gasteiger partial charge on any atom is 0.198 e. The van der Waals surface area contributed by atoms with Gasteiger partial charge in [0.2, 0.25) is 0 Å². The molecule has 1 aromatic heterocycles. The lowest BCUT2D eigenvalue weighted by Gasteiger charge is -2.14. The van der Waals surface area contributed by atoms with Gasteiger partial charge in [0.1, 0.15) is 5.82 Å². The third-order valence-corrected chi connectivity index (χ3v) is 11.1. The van der Waals surface area contributed by atoms with E-state index in [0.29, 0.717) is 23.7 Å². The zero-order valence-electron chi connectivity index (χ0n) is 12.8. The summed E-state index contributed by atoms with van der Waals surface area (Å²) in [7, 11) is -1.55. The summed E-state index contributed by atoms with van der Waals surface area (Å²) in [5, 5.41) is 0.373. The second kappa shape index (κ2) is 5.42. The van der Waals surface area contributed by atoms with Gasteiger partial charge < -0.3 is 14.7 Å². The van der Waals surface area contributed by atoms with Gasteiger partial charge >= 0.3 is 0 Å². The van der Waals surface area contributed by atoms with E-state index in [-0.39, 0.29) is 12.3 Å². The zero-order chi connectivity index (χ0) is 15.0. The normalized spacial score (nSPS) is 27.6. The molecule has 20 heavy (non-hydrogen) atoms. The van der Waals surface area contributed by atoms with Crippen LogP contribution in [0.1, 0.15) is 26.6 Å². The summed E-state index contributed by atoms with van der Waals surface area (Å²) in [4.78, 5) is 15.7. The molecular weight excluding hydrogens is 270 g/mol. The minimum Gasteiger partial charge on any atom is -0.416 e. The van der Waals surface area contributed by atoms with Crippen LogP contribution in [0.4, 0.5) is 0 Å². The van der Waals surface area contributed by atoms with Crippen molar-refractivity contribution in [1.82, 2.24) is 9.55 Å². The van der Waals surface area contributed by atoms with Gasteiger partial charge in [-0.25, -0.2) is 4.98 Å². The molecule has 2 N–H and O–H groups in total. The minimum absolute atomic E-state index is 0.0171. The highest BCUT2D eigenvalue weighted by Gasteiger charge is 2.69. The lowest BCUT2D eigenvalue weighted by atomic mass is 10.2. The average molecular weight is 295 g/mol. The first-order chi connectivity index (χ1) is 9.33. The van der Waals surface area contributed by atoms with E-state index in [4.69, 9.17) is 10.2 Å². The average Bonchev–Trinajstić information content (AvgIpc) is 2.76. The molecule has 2 unspecified atom stereocenters. The fourth-order valence-corrected chi connectivity index (χ4v) is 7.07. The second-order valence-corrected chi connectivity index (χ2v) is 11.0. The Bertz CT molecular complexity index is 500. The van der Waals surface area contributed by atoms with Crippen molar-refractivity contribution in [3.05, 3.63) is 18.2 Å². The first-order valence-corrected chi connectivity index (χ1v) is 9.67. The van der Waals surface area contributed by atoms with Gasteiger partial charge in [0.25, 0.3) is 0 Å². The Kier molecular flexibility index (Phi) is 4.18. The molecule has 2 atom stereocenters. The van der Waals surface area contributed by atoms with Crippen molar-refractivity contribution in [2.24, 2.45) is 5.73 Å². The first kappa shape index (κ1) is 15.4. The van der Waals surface area contributed by atoms with Crippen molar-refractivity contribution in [3.8, 4) is 0 Å². The summed E-state index contributed by atoms with van der Waals surface area (Å²) in [5.41, 5.74) is 6.05. The summed E-state index contributed by atoms with van der Waals surface area (Å²) in [6.07, 6.45) is 4.30. The smallest absolute Gasteiger partial charge is 0.198 e. The molecule has 1 aromatic rings. The van der Waals surface area contributed by atoms with Crippen LogP contribution in [0.2, 0.25) is 17.1 Å². The Morgan fingerprint density at radius 1 is 1.60 bits per heavy atom. The quantitative estimate of drug-likeness (QED) is 0.778. The van der Waals surface area contributed by atoms with Crippen molar-refractivity contribution in [2.45, 2.75) is 50.9 Å². The third kappa shape index (κ3) is 2.59. The molecule has 5 nitrogen and oxygen atoms in total. The number of Topliss-reactive ketones (excluding diaryl/α,β-unsaturated/α-hetero) is 1. The molecule has 0 aromatic carbocycles. The summed E-state index contributed by atoms with van der Waals surface area (Å²) in [5.74, 6) is 0.916. The number of nitrogens with zero attached hydrogens (tertiary/aromatic N) is 2. The summed E-state index contributed by atoms with van der Waals surface area (Å²) in [6.45, 7) is 10.3. The molecule has 0 aliphatic carbocycles. The van der Waals surface area contributed by atoms with E-state index in [1.165, 1.54) is 0 Å². The maximum atomic E-state index is 11.4. The SMILES string of the molecule is CC1C(C)(C)[Si]1(C)OCCc1nccn1CC(=O)CN. The molecule has 6 heteroatoms. The molecule has 0 radical (unpaired) electrons. The number of carbonyl (C=O) groups is 1. The highest BCUT2D eigenvalue weighted by atomic mass is 28.4. The first-order valence-electron chi connectivity index (χ1n) is 7.18. The van der Waals surface area contributed by atoms with Crippen molar-refractivity contribution in [1.29, 1.82) is 0 Å². The highest BCUT2D eigenvalue weighted by molar-refractivity contribution is 6.88. The fraction of sp³-hybridized carbons (Fsp3) is 0.714. The predicted octanol–water partition coefficient (Wildman–Crippen LogP) is 1.73. The van der Waals surface area contributed by atoms with Crippen LogP contribution in [-0.4, -0.2) is 36.8 Å². The van der Waals surface area contributed by atoms with E-state index < -0.39 is 8.32 Å². The molecule has 1 aliphatic rings. The number of imidazole rings is 1. The molecule has 1 saturated heterocycles. The molecule has 112 valence electrons. The number of nitrogens with two attached hydrogens (primary N) is 1. The summed E-state index contributed by atoms with van der Waals surface area (Å²) < 4.78 is 8.07. The van der Waals surface area contributed by atoms with E-state index in [1.54, 1.807) is 6.20 Å². The van der Waals surface area contributed by atoms with Crippen LogP contribution in [0.3, 0.4) is 0 Å². The van der Waals surface area contributed by atoms with Crippen molar-refractivity contribution < 1.29 is 9.22 Å². The Hall–Kier alpha value is -0.983. The number of rotatable bonds is 7. The minimum atomic E-state index is -1.55. The summed E-state index contributed by atoms with van der Waals surface area (Å²) >= 11 is 0. The highest BCUT2D eigenvalue weighted by Crippen LogP contribution is 2.70. The molecule has 0 spiro atoms. The third-order valence-electron chi connectivity index (χ3n) is 5.21. The van der Waals surface area contributed by atoms with Gasteiger partial charge in [-0.3, -0.25) is 4.79 Å². The van der Waals surface area contributed by atoms with Crippen LogP contribution < -0.4 is 5.73 Å². The Morgan fingerprint density at radius 3 is 2.80 bits per heavy atom. The van der Waals surface area contributed by atoms with Gasteiger partial charge in [-0.15, -0.1) is 0 Å². The van der Waals surface area contributed by atoms with Crippen LogP contribution in [0.25, 0.3) is 0 Å². The molecule has 1 aliphatic heterocycles. The van der Waals surface area contributed by atoms with Crippen molar-refractivity contribution in [2.75, 3.05) is 13.2 Å². The standard InChI is InChI=1S/C14H25N3O2Si/c1-11-14(2,3)20(11,4)19-8-5-13-16-6-7-17(13)10-12(18)9-15/h6-7,11H,5,8-10,15H2,1-4H3. The number of hydrogen-bond donors (Lipinski definition) is 1. The van der Waals surface area contributed by atoms with Crippen molar-refractivity contribution >= 4 is 14.1 Å². The molecular formula is C14H25N3O2Si. The van der Waals surface area contributed by atoms with Crippen molar-refractivity contribution in [3.63, 3.8) is 0 Å². The van der Waals surface area contributed by atoms with E-state index >= 15 is 0 Å². The van der Waals surface area contributed by atoms with E-state index in [9.17, 15) is 4.79 Å². The number of hydrogen-bond acceptors (Lipinski definition) is 4. The van der Waals surface area contributed by atoms with E-state index in [1.807, 2.05) is 10.8 Å². The Labute approximate surface area is 121 Å². The van der Waals surface area contributed by atoms with E-state index in [2.05, 4.69) is 32.3 Å². The number of carbonyl (C=O) groups excluding carboxylic acids is 1. The predicted molar refractivity (Wildman–Crippen MR) is 81.0 cm³/mol. The molecule has 0 saturated carbocycles. The van der Waals surface area contributed by atoms with Gasteiger partial charge in [0, 0.05) is 25.4 Å². The molecule has 1 fully saturated rings. The molecule has 0 amide bonds. The second-order valence-electron chi connectivity index (χ2n) is 6.36. The van der Waals surface area contributed by atoms with Crippen LogP contribution >= 0.6 is 0 Å². The van der Waals surface area contributed by atoms with Gasteiger partial charge in [-0.2, -0.15) is 0 Å². The lowest BCUT2D eigenvalue weighted by Crippen LogP contribution is -2.24. The number of ketones is 1. The maximum absolute atomic E-state index is 11.4. The number of aromatic nitrogens is 2. The summed E-state index contributed by atoms with van der Waals surface area (Å²) in [6, 6.07) is 0. The largest absolute Gasteiger partial charge is 0.416 e. The van der Waals surface area contributed by atoms with Gasteiger partial charge in [0.15, 0.2) is 14.1 Å². The van der Waals surface area contributed by atoms with Gasteiger partial charge in [-0.05, 0) is 17.1 Å². The molecule has 2 heterocycles. The monoisotopic (exact) mass is 295 g/mol. The fourth-order valence-electron chi connectivity index (χ4n) is 2.86. The van der Waals surface area contributed by atoms with Crippen LogP contribution in [-0.2, 0) is 22.2 Å². The zero-order valence-corrected chi connectivity index (χ0v) is 13.8. The van der Waals surface area contributed by atoms with Gasteiger partial charge in [-0.1, -0.05) is 20.8 Å². The van der Waals surface area contributed by atoms with Gasteiger partial charge in [0.05, 0.1) is 13.1 Å². The topological polar surface area (TPSA) is 70.1 Å². The van der Waals surface area contributed by atoms with Crippen LogP contribution in [0, 0.1) is 0 Å². The Morgan fingerprint density at radius 2 is 2.25 bits per heavy atom. The Balaban J connectivity index is 1.87. The van der Waals surface area contributed by atoms with E-state index in [0.717, 1.165) is 12.2 Å². The molecule has 0 bridgehead atoms. The van der Waals surface area contributed by atoms with Crippen LogP contribution in [0.15, 0.2) is 12.4 Å². The molecule has 2 rings (SSSR count).